The van der Waals surface area contributed by atoms with Crippen molar-refractivity contribution in [2.24, 2.45) is 0 Å². The lowest BCUT2D eigenvalue weighted by molar-refractivity contribution is -0.122. The molecule has 1 saturated heterocycles. The molecule has 2 aromatic rings. The van der Waals surface area contributed by atoms with Crippen molar-refractivity contribution in [2.45, 2.75) is 39.5 Å². The van der Waals surface area contributed by atoms with Crippen molar-refractivity contribution in [1.29, 1.82) is 0 Å². The monoisotopic (exact) mass is 460 g/mol. The molecule has 31 heavy (non-hydrogen) atoms. The fourth-order valence-electron chi connectivity index (χ4n) is 3.30. The van der Waals surface area contributed by atoms with Gasteiger partial charge in [0.2, 0.25) is 0 Å². The van der Waals surface area contributed by atoms with Gasteiger partial charge in [0.25, 0.3) is 11.5 Å². The number of rotatable bonds is 10. The fraction of sp³-hybridized carbons (Fsp3) is 0.455. The number of aryl methyl sites for hydroxylation is 1. The Labute approximate surface area is 191 Å². The van der Waals surface area contributed by atoms with Crippen LogP contribution < -0.4 is 10.9 Å². The number of anilines is 1. The first-order valence-corrected chi connectivity index (χ1v) is 11.7. The number of unbranched alkanes of at least 4 members (excludes halogenated alkanes) is 2. The molecular weight excluding hydrogens is 432 g/mol. The van der Waals surface area contributed by atoms with E-state index in [4.69, 9.17) is 17.0 Å². The topological polar surface area (TPSA) is 75.9 Å². The zero-order chi connectivity index (χ0) is 22.4. The van der Waals surface area contributed by atoms with Crippen molar-refractivity contribution >= 4 is 51.7 Å². The summed E-state index contributed by atoms with van der Waals surface area (Å²) >= 11 is 6.61. The van der Waals surface area contributed by atoms with Gasteiger partial charge in [0.15, 0.2) is 0 Å². The standard InChI is InChI=1S/C22H28N4O3S2/c1-4-5-6-10-23-19-16(20(27)26-14-15(2)8-9-18(26)24-19)13-17-21(28)25(22(30)31-17)11-7-12-29-3/h8-9,13-14,23H,4-7,10-12H2,1-3H3/b17-13+. The first kappa shape index (κ1) is 23.4. The highest BCUT2D eigenvalue weighted by Gasteiger charge is 2.32. The number of pyridine rings is 1. The summed E-state index contributed by atoms with van der Waals surface area (Å²) in [7, 11) is 1.63. The largest absolute Gasteiger partial charge is 0.385 e. The quantitative estimate of drug-likeness (QED) is 0.328. The number of ether oxygens (including phenoxy) is 1. The van der Waals surface area contributed by atoms with E-state index in [0.717, 1.165) is 24.8 Å². The zero-order valence-corrected chi connectivity index (χ0v) is 19.8. The third-order valence-electron chi connectivity index (χ3n) is 4.96. The SMILES string of the molecule is CCCCCNc1nc2ccc(C)cn2c(=O)c1/C=C1/SC(=S)N(CCCOC)C1=O. The number of carbonyl (C=O) groups is 1. The van der Waals surface area contributed by atoms with Crippen molar-refractivity contribution < 1.29 is 9.53 Å². The van der Waals surface area contributed by atoms with E-state index in [1.807, 2.05) is 19.1 Å². The molecule has 1 amide bonds. The predicted octanol–water partition coefficient (Wildman–Crippen LogP) is 3.84. The summed E-state index contributed by atoms with van der Waals surface area (Å²) in [5, 5.41) is 3.30. The minimum Gasteiger partial charge on any atom is -0.385 e. The highest BCUT2D eigenvalue weighted by molar-refractivity contribution is 8.26. The summed E-state index contributed by atoms with van der Waals surface area (Å²) in [5.41, 5.74) is 1.68. The summed E-state index contributed by atoms with van der Waals surface area (Å²) in [6.07, 6.45) is 7.26. The molecule has 0 saturated carbocycles. The van der Waals surface area contributed by atoms with Gasteiger partial charge >= 0.3 is 0 Å². The van der Waals surface area contributed by atoms with Gasteiger partial charge in [-0.25, -0.2) is 4.98 Å². The summed E-state index contributed by atoms with van der Waals surface area (Å²) in [6, 6.07) is 3.75. The second kappa shape index (κ2) is 10.9. The maximum atomic E-state index is 13.3. The number of hydrogen-bond acceptors (Lipinski definition) is 7. The van der Waals surface area contributed by atoms with Crippen LogP contribution in [-0.2, 0) is 9.53 Å². The van der Waals surface area contributed by atoms with Gasteiger partial charge in [-0.3, -0.25) is 18.9 Å². The minimum absolute atomic E-state index is 0.184. The van der Waals surface area contributed by atoms with Crippen LogP contribution in [0, 0.1) is 6.92 Å². The molecule has 7 nitrogen and oxygen atoms in total. The Bertz CT molecular complexity index is 1060. The van der Waals surface area contributed by atoms with E-state index in [2.05, 4.69) is 17.2 Å². The van der Waals surface area contributed by atoms with E-state index in [1.54, 1.807) is 24.3 Å². The summed E-state index contributed by atoms with van der Waals surface area (Å²) in [6.45, 7) is 5.82. The van der Waals surface area contributed by atoms with Gasteiger partial charge in [-0.05, 0) is 37.5 Å². The van der Waals surface area contributed by atoms with Crippen LogP contribution in [-0.4, -0.2) is 51.3 Å². The average molecular weight is 461 g/mol. The molecule has 1 aliphatic heterocycles. The first-order chi connectivity index (χ1) is 15.0. The highest BCUT2D eigenvalue weighted by atomic mass is 32.2. The molecule has 9 heteroatoms. The third-order valence-corrected chi connectivity index (χ3v) is 6.34. The fourth-order valence-corrected chi connectivity index (χ4v) is 4.59. The van der Waals surface area contributed by atoms with Crippen LogP contribution in [0.2, 0.25) is 0 Å². The molecule has 0 unspecified atom stereocenters. The van der Waals surface area contributed by atoms with Gasteiger partial charge < -0.3 is 10.1 Å². The lowest BCUT2D eigenvalue weighted by Crippen LogP contribution is -2.29. The van der Waals surface area contributed by atoms with Crippen molar-refractivity contribution in [2.75, 3.05) is 32.1 Å². The highest BCUT2D eigenvalue weighted by Crippen LogP contribution is 2.33. The van der Waals surface area contributed by atoms with E-state index in [0.29, 0.717) is 52.4 Å². The Balaban J connectivity index is 1.99. The molecule has 1 aliphatic rings. The number of aromatic nitrogens is 2. The number of methoxy groups -OCH3 is 1. The molecule has 3 heterocycles. The van der Waals surface area contributed by atoms with E-state index in [-0.39, 0.29) is 11.5 Å². The summed E-state index contributed by atoms with van der Waals surface area (Å²) in [5.74, 6) is 0.311. The van der Waals surface area contributed by atoms with Gasteiger partial charge in [-0.15, -0.1) is 0 Å². The first-order valence-electron chi connectivity index (χ1n) is 10.5. The Hall–Kier alpha value is -2.23. The molecule has 1 fully saturated rings. The van der Waals surface area contributed by atoms with Gasteiger partial charge in [0, 0.05) is 33.0 Å². The number of fused-ring (bicyclic) bond motifs is 1. The number of thiocarbonyl (C=S) groups is 1. The Morgan fingerprint density at radius 1 is 1.26 bits per heavy atom. The van der Waals surface area contributed by atoms with Crippen molar-refractivity contribution in [3.05, 3.63) is 44.7 Å². The molecule has 0 atom stereocenters. The third kappa shape index (κ3) is 5.53. The molecule has 1 N–H and O–H groups in total. The van der Waals surface area contributed by atoms with E-state index in [9.17, 15) is 9.59 Å². The van der Waals surface area contributed by atoms with Crippen molar-refractivity contribution in [1.82, 2.24) is 14.3 Å². The predicted molar refractivity (Wildman–Crippen MR) is 131 cm³/mol. The second-order valence-corrected chi connectivity index (χ2v) is 9.10. The van der Waals surface area contributed by atoms with Crippen LogP contribution >= 0.6 is 24.0 Å². The van der Waals surface area contributed by atoms with Crippen LogP contribution in [0.5, 0.6) is 0 Å². The molecular formula is C22H28N4O3S2. The maximum absolute atomic E-state index is 13.3. The Morgan fingerprint density at radius 3 is 2.81 bits per heavy atom. The Morgan fingerprint density at radius 2 is 2.06 bits per heavy atom. The molecule has 0 aromatic carbocycles. The van der Waals surface area contributed by atoms with Gasteiger partial charge in [0.1, 0.15) is 15.8 Å². The van der Waals surface area contributed by atoms with Crippen LogP contribution in [0.25, 0.3) is 11.7 Å². The van der Waals surface area contributed by atoms with Crippen LogP contribution in [0.3, 0.4) is 0 Å². The normalized spacial score (nSPS) is 15.5. The zero-order valence-electron chi connectivity index (χ0n) is 18.1. The molecule has 0 radical (unpaired) electrons. The molecule has 0 aliphatic carbocycles. The Kier molecular flexibility index (Phi) is 8.22. The average Bonchev–Trinajstić information content (AvgIpc) is 3.01. The lowest BCUT2D eigenvalue weighted by Gasteiger charge is -2.13. The number of nitrogens with one attached hydrogen (secondary N) is 1. The second-order valence-electron chi connectivity index (χ2n) is 7.43. The van der Waals surface area contributed by atoms with Crippen molar-refractivity contribution in [3.8, 4) is 0 Å². The van der Waals surface area contributed by atoms with Gasteiger partial charge in [-0.2, -0.15) is 0 Å². The summed E-state index contributed by atoms with van der Waals surface area (Å²) < 4.78 is 7.09. The van der Waals surface area contributed by atoms with Crippen molar-refractivity contribution in [3.63, 3.8) is 0 Å². The van der Waals surface area contributed by atoms with E-state index >= 15 is 0 Å². The number of hydrogen-bond donors (Lipinski definition) is 1. The summed E-state index contributed by atoms with van der Waals surface area (Å²) in [4.78, 5) is 32.9. The maximum Gasteiger partial charge on any atom is 0.267 e. The molecule has 0 spiro atoms. The van der Waals surface area contributed by atoms with Gasteiger partial charge in [0.05, 0.1) is 10.5 Å². The van der Waals surface area contributed by atoms with Crippen LogP contribution in [0.4, 0.5) is 5.82 Å². The minimum atomic E-state index is -0.212. The number of carbonyl (C=O) groups excluding carboxylic acids is 1. The number of amides is 1. The smallest absolute Gasteiger partial charge is 0.267 e. The molecule has 166 valence electrons. The van der Waals surface area contributed by atoms with Gasteiger partial charge in [-0.1, -0.05) is 49.8 Å². The van der Waals surface area contributed by atoms with E-state index in [1.165, 1.54) is 16.2 Å². The molecule has 3 rings (SSSR count). The van der Waals surface area contributed by atoms with E-state index < -0.39 is 0 Å². The molecule has 0 bridgehead atoms. The van der Waals surface area contributed by atoms with Crippen LogP contribution in [0.15, 0.2) is 28.0 Å². The number of nitrogens with zero attached hydrogens (tertiary/aromatic N) is 3. The molecule has 2 aromatic heterocycles. The number of thioether (sulfide) groups is 1. The lowest BCUT2D eigenvalue weighted by atomic mass is 10.2. The van der Waals surface area contributed by atoms with Crippen LogP contribution in [0.1, 0.15) is 43.7 Å².